The molecule has 1 aromatic heterocycles. The van der Waals surface area contributed by atoms with Crippen LogP contribution in [0.1, 0.15) is 54.5 Å². The standard InChI is InChI=1S/C24H32N6O/c1-16-6-7-18-21(16)23(29-15-28-18)30-14-24(8-10-26-11-9-24)22-17(4-3-5-19(22)30)12-27-13-20(31)25-2/h3-5,15-16,26-27H,6-14H2,1-2H3,(H,25,31). The zero-order chi connectivity index (χ0) is 21.4. The van der Waals surface area contributed by atoms with E-state index in [1.807, 2.05) is 0 Å². The van der Waals surface area contributed by atoms with Crippen molar-refractivity contribution in [2.24, 2.45) is 0 Å². The maximum absolute atomic E-state index is 11.7. The second kappa shape index (κ2) is 8.20. The maximum atomic E-state index is 11.7. The Morgan fingerprint density at radius 1 is 1.29 bits per heavy atom. The second-order valence-corrected chi connectivity index (χ2v) is 9.20. The summed E-state index contributed by atoms with van der Waals surface area (Å²) in [6.07, 6.45) is 6.18. The van der Waals surface area contributed by atoms with Gasteiger partial charge in [0.25, 0.3) is 0 Å². The molecule has 2 aromatic rings. The van der Waals surface area contributed by atoms with E-state index in [0.717, 1.165) is 51.1 Å². The number of hydrogen-bond donors (Lipinski definition) is 3. The summed E-state index contributed by atoms with van der Waals surface area (Å²) in [5.41, 5.74) is 6.69. The lowest BCUT2D eigenvalue weighted by atomic mass is 9.73. The molecule has 1 saturated heterocycles. The first-order valence-electron chi connectivity index (χ1n) is 11.5. The van der Waals surface area contributed by atoms with Crippen molar-refractivity contribution >= 4 is 17.4 Å². The van der Waals surface area contributed by atoms with Gasteiger partial charge in [0.15, 0.2) is 0 Å². The number of piperidine rings is 1. The molecular formula is C24H32N6O. The third-order valence-electron chi connectivity index (χ3n) is 7.36. The highest BCUT2D eigenvalue weighted by Crippen LogP contribution is 2.51. The molecule has 7 nitrogen and oxygen atoms in total. The third kappa shape index (κ3) is 3.49. The highest BCUT2D eigenvalue weighted by molar-refractivity contribution is 5.78. The molecule has 1 fully saturated rings. The summed E-state index contributed by atoms with van der Waals surface area (Å²) in [6, 6.07) is 6.62. The largest absolute Gasteiger partial charge is 0.358 e. The number of carbonyl (C=O) groups excluding carboxylic acids is 1. The number of fused-ring (bicyclic) bond motifs is 3. The van der Waals surface area contributed by atoms with E-state index in [0.29, 0.717) is 19.0 Å². The molecule has 1 spiro atoms. The summed E-state index contributed by atoms with van der Waals surface area (Å²) in [5.74, 6) is 1.61. The molecule has 3 aliphatic rings. The summed E-state index contributed by atoms with van der Waals surface area (Å²) in [4.78, 5) is 23.6. The molecule has 0 radical (unpaired) electrons. The Balaban J connectivity index is 1.56. The Kier molecular flexibility index (Phi) is 5.40. The zero-order valence-corrected chi connectivity index (χ0v) is 18.5. The predicted molar refractivity (Wildman–Crippen MR) is 122 cm³/mol. The van der Waals surface area contributed by atoms with Crippen molar-refractivity contribution in [1.29, 1.82) is 0 Å². The van der Waals surface area contributed by atoms with Gasteiger partial charge in [-0.3, -0.25) is 4.79 Å². The van der Waals surface area contributed by atoms with Gasteiger partial charge in [-0.2, -0.15) is 0 Å². The molecule has 7 heteroatoms. The van der Waals surface area contributed by atoms with Gasteiger partial charge in [0.2, 0.25) is 5.91 Å². The van der Waals surface area contributed by atoms with Crippen molar-refractivity contribution in [3.8, 4) is 0 Å². The highest BCUT2D eigenvalue weighted by atomic mass is 16.1. The molecule has 1 amide bonds. The van der Waals surface area contributed by atoms with Gasteiger partial charge in [-0.1, -0.05) is 19.1 Å². The van der Waals surface area contributed by atoms with Crippen LogP contribution in [0.25, 0.3) is 0 Å². The SMILES string of the molecule is CNC(=O)CNCc1cccc2c1C1(CCNCC1)CN2c1ncnc2c1C(C)CC2. The fourth-order valence-electron chi connectivity index (χ4n) is 5.78. The monoisotopic (exact) mass is 420 g/mol. The Hall–Kier alpha value is -2.51. The minimum Gasteiger partial charge on any atom is -0.358 e. The normalized spacial score (nSPS) is 21.2. The van der Waals surface area contributed by atoms with E-state index in [2.05, 4.69) is 51.0 Å². The van der Waals surface area contributed by atoms with Crippen LogP contribution in [0.4, 0.5) is 11.5 Å². The molecule has 1 aromatic carbocycles. The Morgan fingerprint density at radius 3 is 2.94 bits per heavy atom. The maximum Gasteiger partial charge on any atom is 0.233 e. The quantitative estimate of drug-likeness (QED) is 0.688. The van der Waals surface area contributed by atoms with Crippen LogP contribution in [0.2, 0.25) is 0 Å². The number of amides is 1. The van der Waals surface area contributed by atoms with Crippen molar-refractivity contribution in [1.82, 2.24) is 25.9 Å². The van der Waals surface area contributed by atoms with Crippen molar-refractivity contribution in [2.45, 2.75) is 50.5 Å². The fraction of sp³-hybridized carbons (Fsp3) is 0.542. The van der Waals surface area contributed by atoms with Gasteiger partial charge in [-0.05, 0) is 61.9 Å². The number of rotatable bonds is 5. The number of likely N-dealkylation sites (N-methyl/N-ethyl adjacent to an activating group) is 1. The van der Waals surface area contributed by atoms with Gasteiger partial charge in [0.1, 0.15) is 12.1 Å². The molecule has 164 valence electrons. The van der Waals surface area contributed by atoms with Crippen LogP contribution in [-0.2, 0) is 23.2 Å². The molecule has 31 heavy (non-hydrogen) atoms. The van der Waals surface area contributed by atoms with Crippen molar-refractivity contribution in [2.75, 3.05) is 38.1 Å². The Bertz CT molecular complexity index is 984. The molecule has 3 heterocycles. The lowest BCUT2D eigenvalue weighted by Gasteiger charge is -2.36. The minimum atomic E-state index is 0.0105. The highest BCUT2D eigenvalue weighted by Gasteiger charge is 2.46. The van der Waals surface area contributed by atoms with Crippen molar-refractivity contribution < 1.29 is 4.79 Å². The number of carbonyl (C=O) groups is 1. The van der Waals surface area contributed by atoms with Crippen LogP contribution in [0.5, 0.6) is 0 Å². The smallest absolute Gasteiger partial charge is 0.233 e. The van der Waals surface area contributed by atoms with E-state index in [-0.39, 0.29) is 11.3 Å². The topological polar surface area (TPSA) is 82.2 Å². The van der Waals surface area contributed by atoms with Crippen LogP contribution < -0.4 is 20.9 Å². The molecule has 1 atom stereocenters. The summed E-state index contributed by atoms with van der Waals surface area (Å²) >= 11 is 0. The molecule has 3 N–H and O–H groups in total. The van der Waals surface area contributed by atoms with Crippen LogP contribution in [0.15, 0.2) is 24.5 Å². The van der Waals surface area contributed by atoms with E-state index in [9.17, 15) is 4.79 Å². The van der Waals surface area contributed by atoms with Crippen LogP contribution >= 0.6 is 0 Å². The average Bonchev–Trinajstić information content (AvgIpc) is 3.33. The van der Waals surface area contributed by atoms with Crippen LogP contribution in [0.3, 0.4) is 0 Å². The first kappa shape index (κ1) is 20.4. The lowest BCUT2D eigenvalue weighted by Crippen LogP contribution is -2.43. The average molecular weight is 421 g/mol. The molecule has 1 unspecified atom stereocenters. The molecule has 0 saturated carbocycles. The van der Waals surface area contributed by atoms with Gasteiger partial charge >= 0.3 is 0 Å². The van der Waals surface area contributed by atoms with E-state index in [1.165, 1.54) is 28.1 Å². The van der Waals surface area contributed by atoms with E-state index >= 15 is 0 Å². The van der Waals surface area contributed by atoms with Gasteiger partial charge in [0, 0.05) is 42.5 Å². The van der Waals surface area contributed by atoms with Crippen LogP contribution in [-0.4, -0.2) is 49.1 Å². The number of aromatic nitrogens is 2. The zero-order valence-electron chi connectivity index (χ0n) is 18.5. The minimum absolute atomic E-state index is 0.0105. The molecule has 1 aliphatic carbocycles. The third-order valence-corrected chi connectivity index (χ3v) is 7.36. The summed E-state index contributed by atoms with van der Waals surface area (Å²) in [7, 11) is 1.67. The van der Waals surface area contributed by atoms with E-state index < -0.39 is 0 Å². The molecule has 0 bridgehead atoms. The molecule has 2 aliphatic heterocycles. The number of benzene rings is 1. The predicted octanol–water partition coefficient (Wildman–Crippen LogP) is 2.13. The number of nitrogens with zero attached hydrogens (tertiary/aromatic N) is 3. The second-order valence-electron chi connectivity index (χ2n) is 9.20. The number of nitrogens with one attached hydrogen (secondary N) is 3. The van der Waals surface area contributed by atoms with Crippen molar-refractivity contribution in [3.05, 3.63) is 46.9 Å². The summed E-state index contributed by atoms with van der Waals surface area (Å²) in [5, 5.41) is 9.56. The first-order chi connectivity index (χ1) is 15.1. The first-order valence-corrected chi connectivity index (χ1v) is 11.5. The lowest BCUT2D eigenvalue weighted by molar-refractivity contribution is -0.119. The van der Waals surface area contributed by atoms with Crippen molar-refractivity contribution in [3.63, 3.8) is 0 Å². The summed E-state index contributed by atoms with van der Waals surface area (Å²) in [6.45, 7) is 6.35. The Labute approximate surface area is 184 Å². The number of aryl methyl sites for hydroxylation is 1. The molecule has 5 rings (SSSR count). The molecular weight excluding hydrogens is 388 g/mol. The van der Waals surface area contributed by atoms with Gasteiger partial charge in [-0.25, -0.2) is 9.97 Å². The van der Waals surface area contributed by atoms with Crippen LogP contribution in [0, 0.1) is 0 Å². The van der Waals surface area contributed by atoms with E-state index in [4.69, 9.17) is 4.98 Å². The fourth-order valence-corrected chi connectivity index (χ4v) is 5.78. The Morgan fingerprint density at radius 2 is 2.13 bits per heavy atom. The van der Waals surface area contributed by atoms with Gasteiger partial charge < -0.3 is 20.9 Å². The van der Waals surface area contributed by atoms with E-state index in [1.54, 1.807) is 13.4 Å². The van der Waals surface area contributed by atoms with Gasteiger partial charge in [0.05, 0.1) is 6.54 Å². The summed E-state index contributed by atoms with van der Waals surface area (Å²) < 4.78 is 0. The number of anilines is 2. The van der Waals surface area contributed by atoms with Gasteiger partial charge in [-0.15, -0.1) is 0 Å². The number of hydrogen-bond acceptors (Lipinski definition) is 6.